The SMILES string of the molecule is CCC(C)SCc1nc2c(s1)C(N)CCC2. The molecule has 90 valence electrons. The van der Waals surface area contributed by atoms with Crippen LogP contribution in [0.5, 0.6) is 0 Å². The molecule has 0 bridgehead atoms. The second kappa shape index (κ2) is 5.52. The molecule has 1 aromatic rings. The molecule has 0 aromatic carbocycles. The molecule has 4 heteroatoms. The van der Waals surface area contributed by atoms with E-state index in [9.17, 15) is 0 Å². The summed E-state index contributed by atoms with van der Waals surface area (Å²) in [6.45, 7) is 4.52. The average Bonchev–Trinajstić information content (AvgIpc) is 2.70. The molecule has 1 heterocycles. The zero-order valence-electron chi connectivity index (χ0n) is 10.0. The maximum Gasteiger partial charge on any atom is 0.103 e. The van der Waals surface area contributed by atoms with Crippen molar-refractivity contribution < 1.29 is 0 Å². The number of thiazole rings is 1. The number of rotatable bonds is 4. The van der Waals surface area contributed by atoms with Gasteiger partial charge in [0, 0.05) is 21.9 Å². The van der Waals surface area contributed by atoms with Crippen molar-refractivity contribution in [3.05, 3.63) is 15.6 Å². The van der Waals surface area contributed by atoms with Crippen LogP contribution in [0.15, 0.2) is 0 Å². The van der Waals surface area contributed by atoms with Gasteiger partial charge < -0.3 is 5.73 Å². The lowest BCUT2D eigenvalue weighted by Gasteiger charge is -2.15. The van der Waals surface area contributed by atoms with Crippen LogP contribution in [-0.2, 0) is 12.2 Å². The molecule has 1 aliphatic rings. The van der Waals surface area contributed by atoms with Gasteiger partial charge in [-0.15, -0.1) is 11.3 Å². The van der Waals surface area contributed by atoms with Gasteiger partial charge in [0.25, 0.3) is 0 Å². The second-order valence-corrected chi connectivity index (χ2v) is 6.99. The fourth-order valence-electron chi connectivity index (χ4n) is 1.90. The molecular weight excluding hydrogens is 236 g/mol. The summed E-state index contributed by atoms with van der Waals surface area (Å²) >= 11 is 3.84. The summed E-state index contributed by atoms with van der Waals surface area (Å²) in [6, 6.07) is 0.253. The summed E-state index contributed by atoms with van der Waals surface area (Å²) in [5.41, 5.74) is 7.39. The summed E-state index contributed by atoms with van der Waals surface area (Å²) in [6.07, 6.45) is 4.70. The first-order chi connectivity index (χ1) is 7.70. The molecule has 0 saturated carbocycles. The zero-order valence-corrected chi connectivity index (χ0v) is 11.7. The topological polar surface area (TPSA) is 38.9 Å². The Bertz CT molecular complexity index is 349. The van der Waals surface area contributed by atoms with Gasteiger partial charge in [0.2, 0.25) is 0 Å². The van der Waals surface area contributed by atoms with Crippen molar-refractivity contribution in [1.29, 1.82) is 0 Å². The third kappa shape index (κ3) is 2.79. The molecule has 0 spiro atoms. The van der Waals surface area contributed by atoms with Crippen LogP contribution in [-0.4, -0.2) is 10.2 Å². The van der Waals surface area contributed by atoms with Crippen molar-refractivity contribution in [3.63, 3.8) is 0 Å². The molecule has 0 fully saturated rings. The van der Waals surface area contributed by atoms with E-state index in [2.05, 4.69) is 13.8 Å². The lowest BCUT2D eigenvalue weighted by molar-refractivity contribution is 0.573. The van der Waals surface area contributed by atoms with Crippen LogP contribution in [0, 0.1) is 0 Å². The highest BCUT2D eigenvalue weighted by Gasteiger charge is 2.21. The van der Waals surface area contributed by atoms with Crippen molar-refractivity contribution in [2.75, 3.05) is 0 Å². The highest BCUT2D eigenvalue weighted by atomic mass is 32.2. The zero-order chi connectivity index (χ0) is 11.5. The summed E-state index contributed by atoms with van der Waals surface area (Å²) in [5.74, 6) is 1.05. The van der Waals surface area contributed by atoms with Gasteiger partial charge in [-0.05, 0) is 25.7 Å². The van der Waals surface area contributed by atoms with E-state index in [1.807, 2.05) is 23.1 Å². The Morgan fingerprint density at radius 1 is 1.62 bits per heavy atom. The lowest BCUT2D eigenvalue weighted by atomic mass is 9.99. The van der Waals surface area contributed by atoms with Crippen LogP contribution in [0.3, 0.4) is 0 Å². The van der Waals surface area contributed by atoms with E-state index in [4.69, 9.17) is 10.7 Å². The third-order valence-corrected chi connectivity index (χ3v) is 5.86. The Hall–Kier alpha value is -0.0600. The Morgan fingerprint density at radius 2 is 2.44 bits per heavy atom. The number of hydrogen-bond acceptors (Lipinski definition) is 4. The molecule has 0 aliphatic heterocycles. The van der Waals surface area contributed by atoms with Crippen LogP contribution in [0.25, 0.3) is 0 Å². The maximum absolute atomic E-state index is 6.11. The van der Waals surface area contributed by atoms with Crippen molar-refractivity contribution in [1.82, 2.24) is 4.98 Å². The number of aryl methyl sites for hydroxylation is 1. The fourth-order valence-corrected chi connectivity index (χ4v) is 4.01. The Morgan fingerprint density at radius 3 is 3.12 bits per heavy atom. The first-order valence-electron chi connectivity index (χ1n) is 6.06. The molecule has 2 unspecified atom stereocenters. The van der Waals surface area contributed by atoms with E-state index in [0.717, 1.165) is 23.8 Å². The molecule has 2 rings (SSSR count). The lowest BCUT2D eigenvalue weighted by Crippen LogP contribution is -2.15. The van der Waals surface area contributed by atoms with E-state index in [-0.39, 0.29) is 6.04 Å². The van der Waals surface area contributed by atoms with Crippen LogP contribution in [0.1, 0.15) is 54.7 Å². The van der Waals surface area contributed by atoms with Gasteiger partial charge >= 0.3 is 0 Å². The number of aromatic nitrogens is 1. The van der Waals surface area contributed by atoms with E-state index in [1.54, 1.807) is 0 Å². The van der Waals surface area contributed by atoms with Crippen LogP contribution in [0.4, 0.5) is 0 Å². The van der Waals surface area contributed by atoms with Crippen molar-refractivity contribution in [2.24, 2.45) is 5.73 Å². The highest BCUT2D eigenvalue weighted by molar-refractivity contribution is 7.99. The predicted molar refractivity (Wildman–Crippen MR) is 73.0 cm³/mol. The number of hydrogen-bond donors (Lipinski definition) is 1. The van der Waals surface area contributed by atoms with Gasteiger partial charge in [0.15, 0.2) is 0 Å². The van der Waals surface area contributed by atoms with Crippen molar-refractivity contribution in [2.45, 2.75) is 56.6 Å². The molecule has 1 aliphatic carbocycles. The molecular formula is C12H20N2S2. The van der Waals surface area contributed by atoms with E-state index in [0.29, 0.717) is 0 Å². The fraction of sp³-hybridized carbons (Fsp3) is 0.750. The number of fused-ring (bicyclic) bond motifs is 1. The minimum Gasteiger partial charge on any atom is -0.323 e. The second-order valence-electron chi connectivity index (χ2n) is 4.45. The average molecular weight is 256 g/mol. The number of nitrogens with two attached hydrogens (primary N) is 1. The van der Waals surface area contributed by atoms with Crippen LogP contribution >= 0.6 is 23.1 Å². The minimum absolute atomic E-state index is 0.253. The van der Waals surface area contributed by atoms with E-state index in [1.165, 1.54) is 28.4 Å². The summed E-state index contributed by atoms with van der Waals surface area (Å²) in [4.78, 5) is 6.08. The molecule has 2 atom stereocenters. The van der Waals surface area contributed by atoms with Crippen molar-refractivity contribution >= 4 is 23.1 Å². The monoisotopic (exact) mass is 256 g/mol. The minimum atomic E-state index is 0.253. The van der Waals surface area contributed by atoms with Gasteiger partial charge in [-0.3, -0.25) is 0 Å². The molecule has 1 aromatic heterocycles. The smallest absolute Gasteiger partial charge is 0.103 e. The van der Waals surface area contributed by atoms with Gasteiger partial charge in [0.1, 0.15) is 5.01 Å². The standard InChI is InChI=1S/C12H20N2S2/c1-3-8(2)15-7-11-14-10-6-4-5-9(13)12(10)16-11/h8-9H,3-7,13H2,1-2H3. The Kier molecular flexibility index (Phi) is 4.27. The summed E-state index contributed by atoms with van der Waals surface area (Å²) < 4.78 is 0. The normalized spacial score (nSPS) is 21.8. The first-order valence-corrected chi connectivity index (χ1v) is 7.93. The quantitative estimate of drug-likeness (QED) is 0.896. The Balaban J connectivity index is 2.01. The molecule has 0 saturated heterocycles. The van der Waals surface area contributed by atoms with Gasteiger partial charge in [-0.1, -0.05) is 13.8 Å². The molecule has 0 radical (unpaired) electrons. The van der Waals surface area contributed by atoms with Gasteiger partial charge in [-0.25, -0.2) is 4.98 Å². The van der Waals surface area contributed by atoms with Crippen LogP contribution in [0.2, 0.25) is 0 Å². The maximum atomic E-state index is 6.11. The predicted octanol–water partition coefficient (Wildman–Crippen LogP) is 3.51. The summed E-state index contributed by atoms with van der Waals surface area (Å²) in [7, 11) is 0. The number of nitrogens with zero attached hydrogens (tertiary/aromatic N) is 1. The van der Waals surface area contributed by atoms with Crippen molar-refractivity contribution in [3.8, 4) is 0 Å². The molecule has 16 heavy (non-hydrogen) atoms. The first kappa shape index (κ1) is 12.4. The summed E-state index contributed by atoms with van der Waals surface area (Å²) in [5, 5.41) is 2.00. The number of thioether (sulfide) groups is 1. The van der Waals surface area contributed by atoms with E-state index >= 15 is 0 Å². The molecule has 0 amide bonds. The Labute approximate surface area is 106 Å². The third-order valence-electron chi connectivity index (χ3n) is 3.10. The largest absolute Gasteiger partial charge is 0.323 e. The molecule has 2 nitrogen and oxygen atoms in total. The van der Waals surface area contributed by atoms with Gasteiger partial charge in [0.05, 0.1) is 5.69 Å². The highest BCUT2D eigenvalue weighted by Crippen LogP contribution is 2.34. The molecule has 2 N–H and O–H groups in total. The van der Waals surface area contributed by atoms with Gasteiger partial charge in [-0.2, -0.15) is 11.8 Å². The van der Waals surface area contributed by atoms with E-state index < -0.39 is 0 Å². The van der Waals surface area contributed by atoms with Crippen LogP contribution < -0.4 is 5.73 Å².